The molecule has 0 amide bonds. The first-order chi connectivity index (χ1) is 6.69. The maximum atomic E-state index is 9.83. The lowest BCUT2D eigenvalue weighted by Gasteiger charge is -2.17. The Kier molecular flexibility index (Phi) is 3.92. The molecule has 0 saturated heterocycles. The van der Waals surface area contributed by atoms with E-state index in [0.29, 0.717) is 6.54 Å². The van der Waals surface area contributed by atoms with Crippen LogP contribution in [0.15, 0.2) is 24.3 Å². The van der Waals surface area contributed by atoms with E-state index in [-0.39, 0.29) is 5.92 Å². The third-order valence-corrected chi connectivity index (χ3v) is 2.37. The maximum Gasteiger partial charge on any atom is 0.118 e. The highest BCUT2D eigenvalue weighted by Crippen LogP contribution is 2.22. The Hall–Kier alpha value is -1.06. The first kappa shape index (κ1) is 11.0. The molecule has 1 aromatic rings. The van der Waals surface area contributed by atoms with E-state index in [2.05, 4.69) is 0 Å². The van der Waals surface area contributed by atoms with Crippen molar-refractivity contribution in [2.75, 3.05) is 13.7 Å². The fraction of sp³-hybridized carbons (Fsp3) is 0.455. The van der Waals surface area contributed by atoms with E-state index in [1.807, 2.05) is 31.2 Å². The predicted octanol–water partition coefficient (Wildman–Crippen LogP) is 1.32. The molecule has 3 nitrogen and oxygen atoms in total. The summed E-state index contributed by atoms with van der Waals surface area (Å²) < 4.78 is 5.03. The topological polar surface area (TPSA) is 55.5 Å². The van der Waals surface area contributed by atoms with Gasteiger partial charge in [0.05, 0.1) is 13.2 Å². The predicted molar refractivity (Wildman–Crippen MR) is 56.2 cm³/mol. The molecule has 3 N–H and O–H groups in total. The fourth-order valence-electron chi connectivity index (χ4n) is 1.26. The number of benzene rings is 1. The van der Waals surface area contributed by atoms with Crippen LogP contribution in [-0.4, -0.2) is 18.8 Å². The van der Waals surface area contributed by atoms with E-state index in [4.69, 9.17) is 10.5 Å². The number of hydrogen-bond donors (Lipinski definition) is 2. The summed E-state index contributed by atoms with van der Waals surface area (Å²) in [6.07, 6.45) is -0.495. The molecule has 0 spiro atoms. The van der Waals surface area contributed by atoms with E-state index in [1.165, 1.54) is 0 Å². The fourth-order valence-corrected chi connectivity index (χ4v) is 1.26. The van der Waals surface area contributed by atoms with Gasteiger partial charge >= 0.3 is 0 Å². The zero-order chi connectivity index (χ0) is 10.6. The largest absolute Gasteiger partial charge is 0.497 e. The number of aliphatic hydroxyl groups is 1. The molecule has 0 heterocycles. The average molecular weight is 195 g/mol. The molecule has 0 aliphatic rings. The number of nitrogens with two attached hydrogens (primary N) is 1. The van der Waals surface area contributed by atoms with Gasteiger partial charge in [0.15, 0.2) is 0 Å². The molecule has 3 heteroatoms. The zero-order valence-electron chi connectivity index (χ0n) is 8.60. The molecular formula is C11H17NO2. The molecule has 0 fully saturated rings. The molecule has 0 aliphatic heterocycles. The monoisotopic (exact) mass is 195 g/mol. The van der Waals surface area contributed by atoms with Crippen molar-refractivity contribution < 1.29 is 9.84 Å². The van der Waals surface area contributed by atoms with E-state index in [0.717, 1.165) is 11.3 Å². The highest BCUT2D eigenvalue weighted by Gasteiger charge is 2.14. The van der Waals surface area contributed by atoms with Crippen molar-refractivity contribution in [1.82, 2.24) is 0 Å². The second kappa shape index (κ2) is 4.98. The van der Waals surface area contributed by atoms with Crippen LogP contribution in [0.1, 0.15) is 18.6 Å². The summed E-state index contributed by atoms with van der Waals surface area (Å²) in [7, 11) is 1.62. The van der Waals surface area contributed by atoms with Gasteiger partial charge in [-0.2, -0.15) is 0 Å². The zero-order valence-corrected chi connectivity index (χ0v) is 8.60. The number of rotatable bonds is 4. The van der Waals surface area contributed by atoms with Gasteiger partial charge in [-0.1, -0.05) is 19.1 Å². The smallest absolute Gasteiger partial charge is 0.118 e. The summed E-state index contributed by atoms with van der Waals surface area (Å²) in [6, 6.07) is 7.38. The van der Waals surface area contributed by atoms with Gasteiger partial charge in [0.1, 0.15) is 5.75 Å². The summed E-state index contributed by atoms with van der Waals surface area (Å²) in [4.78, 5) is 0. The van der Waals surface area contributed by atoms with Gasteiger partial charge in [-0.15, -0.1) is 0 Å². The Morgan fingerprint density at radius 1 is 1.36 bits per heavy atom. The summed E-state index contributed by atoms with van der Waals surface area (Å²) in [5.41, 5.74) is 6.36. The Labute approximate surface area is 84.5 Å². The van der Waals surface area contributed by atoms with Crippen molar-refractivity contribution >= 4 is 0 Å². The number of aliphatic hydroxyl groups excluding tert-OH is 1. The van der Waals surface area contributed by atoms with Gasteiger partial charge in [-0.25, -0.2) is 0 Å². The second-order valence-corrected chi connectivity index (χ2v) is 3.43. The van der Waals surface area contributed by atoms with Crippen LogP contribution in [-0.2, 0) is 0 Å². The first-order valence-corrected chi connectivity index (χ1v) is 4.71. The van der Waals surface area contributed by atoms with Crippen LogP contribution in [0, 0.1) is 5.92 Å². The summed E-state index contributed by atoms with van der Waals surface area (Å²) in [5.74, 6) is 0.866. The first-order valence-electron chi connectivity index (χ1n) is 4.71. The normalized spacial score (nSPS) is 14.9. The molecule has 0 aliphatic carbocycles. The maximum absolute atomic E-state index is 9.83. The van der Waals surface area contributed by atoms with Crippen molar-refractivity contribution in [3.63, 3.8) is 0 Å². The summed E-state index contributed by atoms with van der Waals surface area (Å²) in [5, 5.41) is 9.83. The van der Waals surface area contributed by atoms with Crippen molar-refractivity contribution in [2.24, 2.45) is 11.7 Å². The molecule has 78 valence electrons. The lowest BCUT2D eigenvalue weighted by molar-refractivity contribution is 0.121. The molecule has 1 rings (SSSR count). The molecule has 0 bridgehead atoms. The lowest BCUT2D eigenvalue weighted by atomic mass is 9.98. The van der Waals surface area contributed by atoms with Gasteiger partial charge in [0, 0.05) is 0 Å². The third kappa shape index (κ3) is 2.47. The standard InChI is InChI=1S/C11H17NO2/c1-8(7-12)11(13)9-3-5-10(14-2)6-4-9/h3-6,8,11,13H,7,12H2,1-2H3. The minimum absolute atomic E-state index is 0.0726. The molecular weight excluding hydrogens is 178 g/mol. The van der Waals surface area contributed by atoms with Crippen LogP contribution in [0.3, 0.4) is 0 Å². The van der Waals surface area contributed by atoms with E-state index in [9.17, 15) is 5.11 Å². The van der Waals surface area contributed by atoms with Crippen molar-refractivity contribution in [3.05, 3.63) is 29.8 Å². The number of hydrogen-bond acceptors (Lipinski definition) is 3. The van der Waals surface area contributed by atoms with Gasteiger partial charge in [0.2, 0.25) is 0 Å². The van der Waals surface area contributed by atoms with E-state index < -0.39 is 6.10 Å². The summed E-state index contributed by atoms with van der Waals surface area (Å²) >= 11 is 0. The Balaban J connectivity index is 2.75. The van der Waals surface area contributed by atoms with Crippen LogP contribution >= 0.6 is 0 Å². The Morgan fingerprint density at radius 3 is 2.36 bits per heavy atom. The SMILES string of the molecule is COc1ccc(C(O)C(C)CN)cc1. The second-order valence-electron chi connectivity index (χ2n) is 3.43. The molecule has 0 radical (unpaired) electrons. The van der Waals surface area contributed by atoms with Crippen LogP contribution in [0.4, 0.5) is 0 Å². The number of methoxy groups -OCH3 is 1. The molecule has 2 atom stereocenters. The van der Waals surface area contributed by atoms with Crippen molar-refractivity contribution in [2.45, 2.75) is 13.0 Å². The number of ether oxygens (including phenoxy) is 1. The van der Waals surface area contributed by atoms with Crippen molar-refractivity contribution in [3.8, 4) is 5.75 Å². The van der Waals surface area contributed by atoms with Gasteiger partial charge < -0.3 is 15.6 Å². The highest BCUT2D eigenvalue weighted by atomic mass is 16.5. The van der Waals surface area contributed by atoms with Crippen LogP contribution in [0.5, 0.6) is 5.75 Å². The van der Waals surface area contributed by atoms with Gasteiger partial charge in [-0.05, 0) is 30.2 Å². The third-order valence-electron chi connectivity index (χ3n) is 2.37. The average Bonchev–Trinajstić information content (AvgIpc) is 2.27. The van der Waals surface area contributed by atoms with E-state index >= 15 is 0 Å². The van der Waals surface area contributed by atoms with Crippen LogP contribution < -0.4 is 10.5 Å². The van der Waals surface area contributed by atoms with Gasteiger partial charge in [-0.3, -0.25) is 0 Å². The van der Waals surface area contributed by atoms with E-state index in [1.54, 1.807) is 7.11 Å². The molecule has 0 aromatic heterocycles. The van der Waals surface area contributed by atoms with Crippen molar-refractivity contribution in [1.29, 1.82) is 0 Å². The Bertz CT molecular complexity index is 271. The molecule has 1 aromatic carbocycles. The molecule has 2 unspecified atom stereocenters. The Morgan fingerprint density at radius 2 is 1.93 bits per heavy atom. The minimum atomic E-state index is -0.495. The van der Waals surface area contributed by atoms with Crippen LogP contribution in [0.25, 0.3) is 0 Å². The molecule has 14 heavy (non-hydrogen) atoms. The van der Waals surface area contributed by atoms with Crippen LogP contribution in [0.2, 0.25) is 0 Å². The van der Waals surface area contributed by atoms with Gasteiger partial charge in [0.25, 0.3) is 0 Å². The highest BCUT2D eigenvalue weighted by molar-refractivity contribution is 5.28. The molecule has 0 saturated carbocycles. The minimum Gasteiger partial charge on any atom is -0.497 e. The quantitative estimate of drug-likeness (QED) is 0.762. The lowest BCUT2D eigenvalue weighted by Crippen LogP contribution is -2.18. The summed E-state index contributed by atoms with van der Waals surface area (Å²) in [6.45, 7) is 2.40.